The Bertz CT molecular complexity index is 1360. The van der Waals surface area contributed by atoms with E-state index in [9.17, 15) is 4.79 Å². The number of nitrogens with zero attached hydrogens (tertiary/aromatic N) is 3. The monoisotopic (exact) mass is 442 g/mol. The fourth-order valence-corrected chi connectivity index (χ4v) is 5.12. The largest absolute Gasteiger partial charge is 0.310 e. The standard InChI is InChI=1S/C27H27FN4O/c1-16-2-3-17-4-5-19(12-21(17)15-29-16)20-13-23-25(24(28)14-20)30-26(31-27(23)33)18-8-10-32(11-9-18)22-6-7-22/h2,4-5,12-15,18,22H,3,6-11H2,1H3,(H,30,31,33). The number of nitrogens with one attached hydrogen (secondary N) is 1. The molecule has 0 atom stereocenters. The Labute approximate surface area is 192 Å². The van der Waals surface area contributed by atoms with Crippen molar-refractivity contribution in [3.05, 3.63) is 75.2 Å². The number of allylic oxidation sites excluding steroid dienone is 2. The van der Waals surface area contributed by atoms with Crippen molar-refractivity contribution in [3.63, 3.8) is 0 Å². The number of aliphatic imine (C=N–C) groups is 1. The summed E-state index contributed by atoms with van der Waals surface area (Å²) in [6, 6.07) is 10.0. The molecule has 33 heavy (non-hydrogen) atoms. The zero-order valence-electron chi connectivity index (χ0n) is 18.8. The number of piperidine rings is 1. The lowest BCUT2D eigenvalue weighted by atomic mass is 9.95. The van der Waals surface area contributed by atoms with Crippen molar-refractivity contribution < 1.29 is 4.39 Å². The van der Waals surface area contributed by atoms with E-state index in [4.69, 9.17) is 0 Å². The topological polar surface area (TPSA) is 61.4 Å². The molecular weight excluding hydrogens is 415 g/mol. The second-order valence-electron chi connectivity index (χ2n) is 9.57. The molecule has 0 spiro atoms. The highest BCUT2D eigenvalue weighted by atomic mass is 19.1. The molecule has 0 amide bonds. The molecule has 6 heteroatoms. The number of aromatic amines is 1. The molecule has 0 unspecified atom stereocenters. The van der Waals surface area contributed by atoms with Crippen molar-refractivity contribution in [1.29, 1.82) is 0 Å². The van der Waals surface area contributed by atoms with Gasteiger partial charge in [-0.15, -0.1) is 0 Å². The van der Waals surface area contributed by atoms with Crippen LogP contribution in [0.4, 0.5) is 4.39 Å². The molecule has 1 saturated heterocycles. The minimum absolute atomic E-state index is 0.165. The third kappa shape index (κ3) is 3.93. The Morgan fingerprint density at radius 3 is 2.67 bits per heavy atom. The van der Waals surface area contributed by atoms with Gasteiger partial charge >= 0.3 is 0 Å². The Hall–Kier alpha value is -3.12. The Morgan fingerprint density at radius 2 is 1.88 bits per heavy atom. The normalized spacial score (nSPS) is 19.4. The molecule has 1 saturated carbocycles. The minimum Gasteiger partial charge on any atom is -0.310 e. The van der Waals surface area contributed by atoms with Crippen molar-refractivity contribution in [3.8, 4) is 11.1 Å². The first-order chi connectivity index (χ1) is 16.0. The molecule has 3 aliphatic rings. The van der Waals surface area contributed by atoms with Crippen LogP contribution in [-0.2, 0) is 6.42 Å². The van der Waals surface area contributed by atoms with Crippen LogP contribution in [0.1, 0.15) is 55.5 Å². The first-order valence-electron chi connectivity index (χ1n) is 11.9. The summed E-state index contributed by atoms with van der Waals surface area (Å²) in [4.78, 5) is 27.5. The van der Waals surface area contributed by atoms with Gasteiger partial charge in [-0.25, -0.2) is 9.37 Å². The summed E-state index contributed by atoms with van der Waals surface area (Å²) in [7, 11) is 0. The number of benzene rings is 2. The van der Waals surface area contributed by atoms with E-state index in [1.54, 1.807) is 6.07 Å². The van der Waals surface area contributed by atoms with E-state index in [0.29, 0.717) is 16.8 Å². The van der Waals surface area contributed by atoms with E-state index in [-0.39, 0.29) is 17.0 Å². The van der Waals surface area contributed by atoms with Gasteiger partial charge in [0.25, 0.3) is 5.56 Å². The summed E-state index contributed by atoms with van der Waals surface area (Å²) in [6.45, 7) is 4.02. The molecule has 2 aromatic carbocycles. The Balaban J connectivity index is 1.33. The summed E-state index contributed by atoms with van der Waals surface area (Å²) in [5.41, 5.74) is 4.60. The van der Waals surface area contributed by atoms with Crippen molar-refractivity contribution in [2.24, 2.45) is 4.99 Å². The van der Waals surface area contributed by atoms with Crippen LogP contribution in [0.15, 0.2) is 51.9 Å². The van der Waals surface area contributed by atoms with Crippen LogP contribution in [0.3, 0.4) is 0 Å². The molecule has 168 valence electrons. The Kier molecular flexibility index (Phi) is 4.98. The summed E-state index contributed by atoms with van der Waals surface area (Å²) >= 11 is 0. The van der Waals surface area contributed by atoms with Crippen molar-refractivity contribution in [2.45, 2.75) is 51.0 Å². The van der Waals surface area contributed by atoms with Gasteiger partial charge in [-0.05, 0) is 92.6 Å². The highest BCUT2D eigenvalue weighted by molar-refractivity contribution is 5.88. The molecule has 5 nitrogen and oxygen atoms in total. The van der Waals surface area contributed by atoms with Gasteiger partial charge in [0.15, 0.2) is 0 Å². The third-order valence-corrected chi connectivity index (χ3v) is 7.27. The second kappa shape index (κ2) is 8.03. The SMILES string of the molecule is CC1=CCc2ccc(-c3cc(F)c4nc(C5CCN(C6CC6)CC5)[nH]c(=O)c4c3)cc2C=N1. The van der Waals surface area contributed by atoms with Crippen molar-refractivity contribution >= 4 is 17.1 Å². The van der Waals surface area contributed by atoms with Gasteiger partial charge < -0.3 is 9.88 Å². The predicted molar refractivity (Wildman–Crippen MR) is 129 cm³/mol. The van der Waals surface area contributed by atoms with Crippen LogP contribution in [0.5, 0.6) is 0 Å². The summed E-state index contributed by atoms with van der Waals surface area (Å²) < 4.78 is 15.2. The summed E-state index contributed by atoms with van der Waals surface area (Å²) in [6.07, 6.45) is 9.28. The van der Waals surface area contributed by atoms with E-state index < -0.39 is 5.82 Å². The molecule has 2 fully saturated rings. The van der Waals surface area contributed by atoms with Crippen LogP contribution in [0.2, 0.25) is 0 Å². The van der Waals surface area contributed by atoms with Crippen LogP contribution in [-0.4, -0.2) is 40.2 Å². The molecule has 0 bridgehead atoms. The third-order valence-electron chi connectivity index (χ3n) is 7.27. The zero-order valence-corrected chi connectivity index (χ0v) is 18.8. The number of likely N-dealkylation sites (tertiary alicyclic amines) is 1. The predicted octanol–water partition coefficient (Wildman–Crippen LogP) is 4.95. The lowest BCUT2D eigenvalue weighted by Gasteiger charge is -2.31. The molecular formula is C27H27FN4O. The number of H-pyrrole nitrogens is 1. The maximum absolute atomic E-state index is 15.2. The van der Waals surface area contributed by atoms with E-state index in [0.717, 1.165) is 55.2 Å². The number of hydrogen-bond acceptors (Lipinski definition) is 4. The molecule has 2 aliphatic heterocycles. The van der Waals surface area contributed by atoms with Gasteiger partial charge in [0.1, 0.15) is 17.2 Å². The fourth-order valence-electron chi connectivity index (χ4n) is 5.12. The van der Waals surface area contributed by atoms with Gasteiger partial charge in [0, 0.05) is 23.9 Å². The van der Waals surface area contributed by atoms with Gasteiger partial charge in [0.2, 0.25) is 0 Å². The van der Waals surface area contributed by atoms with Gasteiger partial charge in [-0.1, -0.05) is 18.2 Å². The lowest BCUT2D eigenvalue weighted by molar-refractivity contribution is 0.200. The number of halogens is 1. The van der Waals surface area contributed by atoms with Crippen LogP contribution < -0.4 is 5.56 Å². The van der Waals surface area contributed by atoms with Crippen LogP contribution in [0.25, 0.3) is 22.0 Å². The Morgan fingerprint density at radius 1 is 1.06 bits per heavy atom. The quantitative estimate of drug-likeness (QED) is 0.624. The van der Waals surface area contributed by atoms with Gasteiger partial charge in [0.05, 0.1) is 5.39 Å². The number of hydrogen-bond donors (Lipinski definition) is 1. The number of aromatic nitrogens is 2. The molecule has 1 aromatic heterocycles. The molecule has 6 rings (SSSR count). The van der Waals surface area contributed by atoms with Crippen molar-refractivity contribution in [1.82, 2.24) is 14.9 Å². The van der Waals surface area contributed by atoms with Gasteiger partial charge in [-0.2, -0.15) is 0 Å². The zero-order chi connectivity index (χ0) is 22.5. The van der Waals surface area contributed by atoms with Gasteiger partial charge in [-0.3, -0.25) is 9.79 Å². The summed E-state index contributed by atoms with van der Waals surface area (Å²) in [5, 5.41) is 0.297. The molecule has 0 radical (unpaired) electrons. The lowest BCUT2D eigenvalue weighted by Crippen LogP contribution is -2.35. The van der Waals surface area contributed by atoms with Crippen LogP contribution >= 0.6 is 0 Å². The maximum atomic E-state index is 15.2. The van der Waals surface area contributed by atoms with Crippen molar-refractivity contribution in [2.75, 3.05) is 13.1 Å². The second-order valence-corrected chi connectivity index (χ2v) is 9.57. The highest BCUT2D eigenvalue weighted by Crippen LogP contribution is 2.34. The highest BCUT2D eigenvalue weighted by Gasteiger charge is 2.33. The first-order valence-corrected chi connectivity index (χ1v) is 11.9. The van der Waals surface area contributed by atoms with Crippen LogP contribution in [0, 0.1) is 5.82 Å². The number of rotatable bonds is 3. The number of fused-ring (bicyclic) bond motifs is 2. The minimum atomic E-state index is -0.452. The molecule has 1 aliphatic carbocycles. The average molecular weight is 443 g/mol. The van der Waals surface area contributed by atoms with E-state index in [2.05, 4.69) is 25.9 Å². The average Bonchev–Trinajstić information content (AvgIpc) is 3.68. The van der Waals surface area contributed by atoms with E-state index in [1.807, 2.05) is 31.3 Å². The molecule has 3 aromatic rings. The smallest absolute Gasteiger partial charge is 0.258 e. The fraction of sp³-hybridized carbons (Fsp3) is 0.370. The first kappa shape index (κ1) is 20.5. The summed E-state index contributed by atoms with van der Waals surface area (Å²) in [5.74, 6) is 0.349. The maximum Gasteiger partial charge on any atom is 0.258 e. The molecule has 1 N–H and O–H groups in total. The van der Waals surface area contributed by atoms with E-state index in [1.165, 1.54) is 24.5 Å². The molecule has 3 heterocycles. The van der Waals surface area contributed by atoms with E-state index >= 15 is 4.39 Å².